The molecule has 30 heavy (non-hydrogen) atoms. The van der Waals surface area contributed by atoms with Gasteiger partial charge >= 0.3 is 5.97 Å². The Morgan fingerprint density at radius 1 is 0.967 bits per heavy atom. The second-order valence-corrected chi connectivity index (χ2v) is 6.58. The number of aryl methyl sites for hydroxylation is 1. The number of fused-ring (bicyclic) bond motifs is 1. The van der Waals surface area contributed by atoms with E-state index in [1.807, 2.05) is 24.3 Å². The van der Waals surface area contributed by atoms with Crippen LogP contribution < -0.4 is 18.9 Å². The van der Waals surface area contributed by atoms with Crippen LogP contribution in [0.1, 0.15) is 28.8 Å². The largest absolute Gasteiger partial charge is 0.492 e. The first-order valence-electron chi connectivity index (χ1n) is 9.63. The summed E-state index contributed by atoms with van der Waals surface area (Å²) >= 11 is 0. The van der Waals surface area contributed by atoms with E-state index < -0.39 is 5.97 Å². The fourth-order valence-corrected chi connectivity index (χ4v) is 3.37. The molecule has 0 atom stereocenters. The average molecular weight is 411 g/mol. The predicted octanol–water partition coefficient (Wildman–Crippen LogP) is 3.79. The Morgan fingerprint density at radius 2 is 1.70 bits per heavy atom. The number of methoxy groups -OCH3 is 3. The van der Waals surface area contributed by atoms with Gasteiger partial charge in [-0.2, -0.15) is 0 Å². The summed E-state index contributed by atoms with van der Waals surface area (Å²) in [4.78, 5) is 17.3. The number of para-hydroxylation sites is 1. The van der Waals surface area contributed by atoms with Crippen molar-refractivity contribution >= 4 is 16.9 Å². The summed E-state index contributed by atoms with van der Waals surface area (Å²) in [6.07, 6.45) is 3.58. The first-order chi connectivity index (χ1) is 14.6. The van der Waals surface area contributed by atoms with Crippen LogP contribution in [0.25, 0.3) is 10.9 Å². The summed E-state index contributed by atoms with van der Waals surface area (Å²) in [5, 5.41) is 9.79. The number of aliphatic hydroxyl groups excluding tert-OH is 1. The number of carbonyl (C=O) groups is 1. The minimum Gasteiger partial charge on any atom is -0.492 e. The number of hydrogen-bond donors (Lipinski definition) is 1. The minimum atomic E-state index is -0.527. The van der Waals surface area contributed by atoms with E-state index in [0.717, 1.165) is 12.0 Å². The van der Waals surface area contributed by atoms with Crippen LogP contribution >= 0.6 is 0 Å². The Balaban J connectivity index is 2.03. The zero-order valence-electron chi connectivity index (χ0n) is 17.3. The van der Waals surface area contributed by atoms with Crippen LogP contribution in [0.3, 0.4) is 0 Å². The molecule has 0 amide bonds. The number of aromatic nitrogens is 1. The number of esters is 1. The molecule has 1 heterocycles. The lowest BCUT2D eigenvalue weighted by Gasteiger charge is -2.19. The van der Waals surface area contributed by atoms with Gasteiger partial charge in [0.25, 0.3) is 0 Å². The van der Waals surface area contributed by atoms with Gasteiger partial charge in [-0.05, 0) is 37.5 Å². The molecule has 0 aliphatic carbocycles. The molecule has 1 N–H and O–H groups in total. The maximum atomic E-state index is 13.0. The lowest BCUT2D eigenvalue weighted by Crippen LogP contribution is -2.11. The Labute approximate surface area is 175 Å². The smallest absolute Gasteiger partial charge is 0.344 e. The van der Waals surface area contributed by atoms with Crippen molar-refractivity contribution in [1.29, 1.82) is 0 Å². The van der Waals surface area contributed by atoms with Gasteiger partial charge in [-0.25, -0.2) is 4.79 Å². The fourth-order valence-electron chi connectivity index (χ4n) is 3.37. The third-order valence-electron chi connectivity index (χ3n) is 4.77. The van der Waals surface area contributed by atoms with Crippen LogP contribution in [0.5, 0.6) is 23.0 Å². The summed E-state index contributed by atoms with van der Waals surface area (Å²) < 4.78 is 22.3. The highest BCUT2D eigenvalue weighted by Crippen LogP contribution is 2.47. The van der Waals surface area contributed by atoms with E-state index in [2.05, 4.69) is 4.98 Å². The van der Waals surface area contributed by atoms with E-state index in [1.165, 1.54) is 14.2 Å². The van der Waals surface area contributed by atoms with Crippen LogP contribution in [-0.4, -0.2) is 44.0 Å². The van der Waals surface area contributed by atoms with Gasteiger partial charge < -0.3 is 24.1 Å². The molecule has 3 aromatic rings. The maximum Gasteiger partial charge on any atom is 0.344 e. The number of rotatable bonds is 9. The van der Waals surface area contributed by atoms with Crippen molar-refractivity contribution in [2.45, 2.75) is 19.3 Å². The first-order valence-corrected chi connectivity index (χ1v) is 9.63. The number of nitrogens with zero attached hydrogens (tertiary/aromatic N) is 1. The van der Waals surface area contributed by atoms with Gasteiger partial charge in [0.2, 0.25) is 11.5 Å². The van der Waals surface area contributed by atoms with Gasteiger partial charge in [0.05, 0.1) is 32.4 Å². The van der Waals surface area contributed by atoms with Crippen molar-refractivity contribution in [3.8, 4) is 23.0 Å². The third-order valence-corrected chi connectivity index (χ3v) is 4.77. The molecule has 7 nitrogen and oxygen atoms in total. The summed E-state index contributed by atoms with van der Waals surface area (Å²) in [6.45, 7) is 0.104. The van der Waals surface area contributed by atoms with Crippen LogP contribution in [0.2, 0.25) is 0 Å². The molecule has 0 spiro atoms. The molecule has 0 saturated heterocycles. The molecule has 0 fully saturated rings. The Morgan fingerprint density at radius 3 is 2.40 bits per heavy atom. The molecular formula is C23H25NO6. The molecule has 158 valence electrons. The van der Waals surface area contributed by atoms with Gasteiger partial charge in [-0.15, -0.1) is 0 Å². The van der Waals surface area contributed by atoms with Crippen molar-refractivity contribution in [2.24, 2.45) is 0 Å². The minimum absolute atomic E-state index is 0.104. The highest BCUT2D eigenvalue weighted by atomic mass is 16.6. The fraction of sp³-hybridized carbons (Fsp3) is 0.304. The second-order valence-electron chi connectivity index (χ2n) is 6.58. The number of ether oxygens (including phenoxy) is 4. The molecule has 2 aromatic carbocycles. The van der Waals surface area contributed by atoms with Gasteiger partial charge in [0.15, 0.2) is 11.5 Å². The van der Waals surface area contributed by atoms with Crippen molar-refractivity contribution in [3.63, 3.8) is 0 Å². The highest BCUT2D eigenvalue weighted by Gasteiger charge is 2.24. The molecule has 3 rings (SSSR count). The molecule has 0 radical (unpaired) electrons. The van der Waals surface area contributed by atoms with Gasteiger partial charge in [-0.1, -0.05) is 18.2 Å². The van der Waals surface area contributed by atoms with E-state index in [9.17, 15) is 4.79 Å². The standard InChI is InChI=1S/C23H25NO6/c1-27-20-15(8-6-7-13-25)14-19(21(28-2)22(20)29-3)30-23(26)17-11-12-24-18-10-5-4-9-16(17)18/h4-5,9-12,14,25H,6-8,13H2,1-3H3. The molecule has 0 unspecified atom stereocenters. The van der Waals surface area contributed by atoms with E-state index in [1.54, 1.807) is 25.4 Å². The van der Waals surface area contributed by atoms with Gasteiger partial charge in [0.1, 0.15) is 0 Å². The van der Waals surface area contributed by atoms with E-state index in [4.69, 9.17) is 24.1 Å². The maximum absolute atomic E-state index is 13.0. The topological polar surface area (TPSA) is 87.1 Å². The van der Waals surface area contributed by atoms with Gasteiger partial charge in [-0.3, -0.25) is 4.98 Å². The Bertz CT molecular complexity index is 1030. The lowest BCUT2D eigenvalue weighted by atomic mass is 10.0. The second kappa shape index (κ2) is 9.93. The Kier molecular flexibility index (Phi) is 7.08. The average Bonchev–Trinajstić information content (AvgIpc) is 2.78. The predicted molar refractivity (Wildman–Crippen MR) is 113 cm³/mol. The zero-order chi connectivity index (χ0) is 21.5. The van der Waals surface area contributed by atoms with Crippen molar-refractivity contribution in [2.75, 3.05) is 27.9 Å². The van der Waals surface area contributed by atoms with Crippen LogP contribution in [0, 0.1) is 0 Å². The van der Waals surface area contributed by atoms with E-state index >= 15 is 0 Å². The molecule has 1 aromatic heterocycles. The number of unbranched alkanes of at least 4 members (excludes halogenated alkanes) is 1. The molecule has 0 saturated carbocycles. The number of hydrogen-bond acceptors (Lipinski definition) is 7. The highest BCUT2D eigenvalue weighted by molar-refractivity contribution is 6.04. The summed E-state index contributed by atoms with van der Waals surface area (Å²) in [5.74, 6) is 0.845. The number of benzene rings is 2. The van der Waals surface area contributed by atoms with Crippen molar-refractivity contribution in [1.82, 2.24) is 4.98 Å². The van der Waals surface area contributed by atoms with Crippen LogP contribution in [0.4, 0.5) is 0 Å². The van der Waals surface area contributed by atoms with Crippen molar-refractivity contribution < 1.29 is 28.8 Å². The molecule has 0 aliphatic rings. The molecule has 0 bridgehead atoms. The summed E-state index contributed by atoms with van der Waals surface area (Å²) in [7, 11) is 4.52. The third kappa shape index (κ3) is 4.31. The molecular weight excluding hydrogens is 386 g/mol. The van der Waals surface area contributed by atoms with E-state index in [-0.39, 0.29) is 18.1 Å². The SMILES string of the molecule is COc1c(CCCCO)cc(OC(=O)c2ccnc3ccccc23)c(OC)c1OC. The van der Waals surface area contributed by atoms with E-state index in [0.29, 0.717) is 40.8 Å². The van der Waals surface area contributed by atoms with Crippen LogP contribution in [-0.2, 0) is 6.42 Å². The monoisotopic (exact) mass is 411 g/mol. The normalized spacial score (nSPS) is 10.7. The lowest BCUT2D eigenvalue weighted by molar-refractivity contribution is 0.0730. The molecule has 0 aliphatic heterocycles. The summed E-state index contributed by atoms with van der Waals surface area (Å²) in [6, 6.07) is 10.7. The van der Waals surface area contributed by atoms with Gasteiger partial charge in [0, 0.05) is 23.8 Å². The number of aliphatic hydroxyl groups is 1. The molecule has 7 heteroatoms. The van der Waals surface area contributed by atoms with Crippen molar-refractivity contribution in [3.05, 3.63) is 53.7 Å². The quantitative estimate of drug-likeness (QED) is 0.326. The number of pyridine rings is 1. The zero-order valence-corrected chi connectivity index (χ0v) is 17.3. The number of carbonyl (C=O) groups excluding carboxylic acids is 1. The van der Waals surface area contributed by atoms with Crippen LogP contribution in [0.15, 0.2) is 42.6 Å². The Hall–Kier alpha value is -3.32. The summed E-state index contributed by atoms with van der Waals surface area (Å²) in [5.41, 5.74) is 1.90. The first kappa shape index (κ1) is 21.4.